The fourth-order valence-corrected chi connectivity index (χ4v) is 3.85. The molecule has 3 N–H and O–H groups in total. The van der Waals surface area contributed by atoms with E-state index >= 15 is 0 Å². The van der Waals surface area contributed by atoms with Gasteiger partial charge in [0.15, 0.2) is 6.04 Å². The van der Waals surface area contributed by atoms with Crippen molar-refractivity contribution >= 4 is 23.2 Å². The molecule has 2 heterocycles. The Morgan fingerprint density at radius 2 is 2.20 bits per heavy atom. The SMILES string of the molecule is NC1C=CC(C(=O)N2CCc3sccc3C2C(=O)O)C1. The molecule has 0 radical (unpaired) electrons. The van der Waals surface area contributed by atoms with Gasteiger partial charge in [0.1, 0.15) is 0 Å². The van der Waals surface area contributed by atoms with Crippen LogP contribution in [0, 0.1) is 5.92 Å². The molecule has 20 heavy (non-hydrogen) atoms. The zero-order valence-electron chi connectivity index (χ0n) is 10.9. The van der Waals surface area contributed by atoms with Gasteiger partial charge in [-0.15, -0.1) is 11.3 Å². The van der Waals surface area contributed by atoms with E-state index in [1.807, 2.05) is 17.5 Å². The van der Waals surface area contributed by atoms with Crippen LogP contribution in [0.15, 0.2) is 23.6 Å². The van der Waals surface area contributed by atoms with E-state index in [-0.39, 0.29) is 17.9 Å². The second-order valence-electron chi connectivity index (χ2n) is 5.21. The van der Waals surface area contributed by atoms with Gasteiger partial charge in [-0.1, -0.05) is 12.2 Å². The number of carbonyl (C=O) groups is 2. The van der Waals surface area contributed by atoms with Crippen LogP contribution in [0.2, 0.25) is 0 Å². The van der Waals surface area contributed by atoms with Gasteiger partial charge in [0.2, 0.25) is 5.91 Å². The van der Waals surface area contributed by atoms with E-state index in [4.69, 9.17) is 5.73 Å². The maximum atomic E-state index is 12.6. The molecular weight excluding hydrogens is 276 g/mol. The summed E-state index contributed by atoms with van der Waals surface area (Å²) in [6.07, 6.45) is 4.91. The molecular formula is C14H16N2O3S. The first-order valence-electron chi connectivity index (χ1n) is 6.61. The van der Waals surface area contributed by atoms with Crippen molar-refractivity contribution in [2.45, 2.75) is 24.9 Å². The summed E-state index contributed by atoms with van der Waals surface area (Å²) in [5.74, 6) is -1.38. The number of carboxylic acid groups (broad SMARTS) is 1. The highest BCUT2D eigenvalue weighted by molar-refractivity contribution is 7.10. The molecule has 0 saturated heterocycles. The van der Waals surface area contributed by atoms with Gasteiger partial charge in [-0.25, -0.2) is 4.79 Å². The van der Waals surface area contributed by atoms with Crippen LogP contribution in [0.4, 0.5) is 0 Å². The summed E-state index contributed by atoms with van der Waals surface area (Å²) < 4.78 is 0. The van der Waals surface area contributed by atoms with E-state index in [1.165, 1.54) is 4.90 Å². The molecule has 0 aromatic carbocycles. The van der Waals surface area contributed by atoms with Crippen LogP contribution in [0.3, 0.4) is 0 Å². The monoisotopic (exact) mass is 292 g/mol. The van der Waals surface area contributed by atoms with Gasteiger partial charge in [-0.3, -0.25) is 4.79 Å². The predicted octanol–water partition coefficient (Wildman–Crippen LogP) is 1.16. The third kappa shape index (κ3) is 2.14. The number of carboxylic acids is 1. The number of aliphatic carboxylic acids is 1. The summed E-state index contributed by atoms with van der Waals surface area (Å²) in [7, 11) is 0. The van der Waals surface area contributed by atoms with E-state index in [9.17, 15) is 14.7 Å². The van der Waals surface area contributed by atoms with E-state index in [2.05, 4.69) is 0 Å². The molecule has 0 spiro atoms. The molecule has 3 rings (SSSR count). The summed E-state index contributed by atoms with van der Waals surface area (Å²) in [6.45, 7) is 0.461. The van der Waals surface area contributed by atoms with Crippen LogP contribution in [-0.2, 0) is 16.0 Å². The Kier molecular flexibility index (Phi) is 3.35. The first-order valence-corrected chi connectivity index (χ1v) is 7.49. The lowest BCUT2D eigenvalue weighted by Gasteiger charge is -2.34. The van der Waals surface area contributed by atoms with Crippen LogP contribution in [0.25, 0.3) is 0 Å². The summed E-state index contributed by atoms with van der Waals surface area (Å²) >= 11 is 1.56. The molecule has 3 atom stereocenters. The highest BCUT2D eigenvalue weighted by atomic mass is 32.1. The van der Waals surface area contributed by atoms with Gasteiger partial charge in [0, 0.05) is 17.5 Å². The minimum atomic E-state index is -0.969. The van der Waals surface area contributed by atoms with E-state index in [1.54, 1.807) is 17.4 Å². The number of nitrogens with zero attached hydrogens (tertiary/aromatic N) is 1. The molecule has 3 unspecified atom stereocenters. The normalized spacial score (nSPS) is 28.4. The number of rotatable bonds is 2. The second kappa shape index (κ2) is 5.03. The maximum Gasteiger partial charge on any atom is 0.331 e. The fraction of sp³-hybridized carbons (Fsp3) is 0.429. The molecule has 1 aromatic rings. The Hall–Kier alpha value is -1.66. The van der Waals surface area contributed by atoms with Gasteiger partial charge in [-0.2, -0.15) is 0 Å². The van der Waals surface area contributed by atoms with Crippen molar-refractivity contribution in [2.75, 3.05) is 6.54 Å². The van der Waals surface area contributed by atoms with Crippen molar-refractivity contribution < 1.29 is 14.7 Å². The number of carbonyl (C=O) groups excluding carboxylic acids is 1. The molecule has 2 aliphatic rings. The summed E-state index contributed by atoms with van der Waals surface area (Å²) in [4.78, 5) is 26.7. The smallest absolute Gasteiger partial charge is 0.331 e. The first kappa shape index (κ1) is 13.3. The molecule has 5 nitrogen and oxygen atoms in total. The molecule has 0 saturated carbocycles. The van der Waals surface area contributed by atoms with Gasteiger partial charge in [0.05, 0.1) is 5.92 Å². The molecule has 0 fully saturated rings. The lowest BCUT2D eigenvalue weighted by atomic mass is 9.97. The maximum absolute atomic E-state index is 12.6. The highest BCUT2D eigenvalue weighted by Crippen LogP contribution is 2.35. The molecule has 1 amide bonds. The Bertz CT molecular complexity index is 581. The molecule has 6 heteroatoms. The van der Waals surface area contributed by atoms with E-state index < -0.39 is 12.0 Å². The molecule has 1 aromatic heterocycles. The minimum Gasteiger partial charge on any atom is -0.479 e. The predicted molar refractivity (Wildman–Crippen MR) is 75.3 cm³/mol. The minimum absolute atomic E-state index is 0.103. The average molecular weight is 292 g/mol. The van der Waals surface area contributed by atoms with Crippen molar-refractivity contribution in [1.29, 1.82) is 0 Å². The van der Waals surface area contributed by atoms with Crippen molar-refractivity contribution in [3.8, 4) is 0 Å². The third-order valence-electron chi connectivity index (χ3n) is 3.92. The summed E-state index contributed by atoms with van der Waals surface area (Å²) in [5, 5.41) is 11.4. The van der Waals surface area contributed by atoms with Crippen molar-refractivity contribution in [3.63, 3.8) is 0 Å². The topological polar surface area (TPSA) is 83.6 Å². The van der Waals surface area contributed by atoms with Crippen LogP contribution < -0.4 is 5.73 Å². The van der Waals surface area contributed by atoms with Crippen LogP contribution >= 0.6 is 11.3 Å². The number of nitrogens with two attached hydrogens (primary N) is 1. The lowest BCUT2D eigenvalue weighted by molar-refractivity contribution is -0.152. The Morgan fingerprint density at radius 1 is 1.40 bits per heavy atom. The van der Waals surface area contributed by atoms with Gasteiger partial charge in [-0.05, 0) is 29.9 Å². The number of hydrogen-bond donors (Lipinski definition) is 2. The fourth-order valence-electron chi connectivity index (χ4n) is 2.94. The quantitative estimate of drug-likeness (QED) is 0.801. The third-order valence-corrected chi connectivity index (χ3v) is 4.91. The largest absolute Gasteiger partial charge is 0.479 e. The standard InChI is InChI=1S/C14H16N2O3S/c15-9-2-1-8(7-9)13(17)16-5-3-11-10(4-6-20-11)12(16)14(18)19/h1-2,4,6,8-9,12H,3,5,7,15H2,(H,18,19). The van der Waals surface area contributed by atoms with Crippen molar-refractivity contribution in [3.05, 3.63) is 34.0 Å². The van der Waals surface area contributed by atoms with Crippen LogP contribution in [-0.4, -0.2) is 34.5 Å². The number of hydrogen-bond acceptors (Lipinski definition) is 4. The molecule has 1 aliphatic carbocycles. The van der Waals surface area contributed by atoms with Crippen LogP contribution in [0.1, 0.15) is 22.9 Å². The molecule has 106 valence electrons. The first-order chi connectivity index (χ1) is 9.58. The summed E-state index contributed by atoms with van der Waals surface area (Å²) in [6, 6.07) is 0.852. The average Bonchev–Trinajstić information content (AvgIpc) is 3.04. The zero-order chi connectivity index (χ0) is 14.3. The van der Waals surface area contributed by atoms with Gasteiger partial charge in [0.25, 0.3) is 0 Å². The van der Waals surface area contributed by atoms with Crippen LogP contribution in [0.5, 0.6) is 0 Å². The Labute approximate surface area is 120 Å². The highest BCUT2D eigenvalue weighted by Gasteiger charge is 2.39. The number of thiophene rings is 1. The molecule has 0 bridgehead atoms. The second-order valence-corrected chi connectivity index (χ2v) is 6.21. The molecule has 1 aliphatic heterocycles. The number of fused-ring (bicyclic) bond motifs is 1. The van der Waals surface area contributed by atoms with E-state index in [0.29, 0.717) is 13.0 Å². The lowest BCUT2D eigenvalue weighted by Crippen LogP contribution is -2.45. The van der Waals surface area contributed by atoms with Gasteiger partial charge < -0.3 is 15.7 Å². The van der Waals surface area contributed by atoms with E-state index in [0.717, 1.165) is 16.9 Å². The number of amides is 1. The zero-order valence-corrected chi connectivity index (χ0v) is 11.7. The van der Waals surface area contributed by atoms with Gasteiger partial charge >= 0.3 is 5.97 Å². The Balaban J connectivity index is 1.88. The van der Waals surface area contributed by atoms with Crippen molar-refractivity contribution in [2.24, 2.45) is 11.7 Å². The van der Waals surface area contributed by atoms with Crippen molar-refractivity contribution in [1.82, 2.24) is 4.90 Å². The Morgan fingerprint density at radius 3 is 2.85 bits per heavy atom. The summed E-state index contributed by atoms with van der Waals surface area (Å²) in [5.41, 5.74) is 6.53.